The number of aromatic nitrogens is 1. The highest BCUT2D eigenvalue weighted by Gasteiger charge is 2.41. The van der Waals surface area contributed by atoms with Crippen molar-refractivity contribution in [2.75, 3.05) is 18.0 Å². The monoisotopic (exact) mass is 272 g/mol. The zero-order valence-corrected chi connectivity index (χ0v) is 10.6. The van der Waals surface area contributed by atoms with Gasteiger partial charge in [0.2, 0.25) is 0 Å². The zero-order chi connectivity index (χ0) is 14.0. The van der Waals surface area contributed by atoms with Crippen LogP contribution in [-0.4, -0.2) is 30.0 Å². The number of ketones is 1. The maximum atomic E-state index is 12.5. The molecule has 1 saturated heterocycles. The number of halogens is 3. The van der Waals surface area contributed by atoms with Gasteiger partial charge in [0, 0.05) is 20.0 Å². The highest BCUT2D eigenvalue weighted by atomic mass is 19.4. The number of hydrogen-bond donors (Lipinski definition) is 0. The van der Waals surface area contributed by atoms with Crippen molar-refractivity contribution in [3.8, 4) is 0 Å². The quantitative estimate of drug-likeness (QED) is 0.776. The maximum absolute atomic E-state index is 12.5. The molecule has 0 radical (unpaired) electrons. The van der Waals surface area contributed by atoms with Gasteiger partial charge in [-0.3, -0.25) is 9.78 Å². The molecule has 1 aromatic heterocycles. The van der Waals surface area contributed by atoms with Crippen LogP contribution >= 0.6 is 0 Å². The minimum atomic E-state index is -4.09. The Labute approximate surface area is 109 Å². The summed E-state index contributed by atoms with van der Waals surface area (Å²) in [6.45, 7) is 2.16. The van der Waals surface area contributed by atoms with Crippen LogP contribution in [0.15, 0.2) is 18.3 Å². The largest absolute Gasteiger partial charge is 0.391 e. The Kier molecular flexibility index (Phi) is 3.78. The number of hydrogen-bond acceptors (Lipinski definition) is 3. The lowest BCUT2D eigenvalue weighted by atomic mass is 9.96. The fourth-order valence-corrected chi connectivity index (χ4v) is 2.25. The Morgan fingerprint density at radius 3 is 2.37 bits per heavy atom. The Morgan fingerprint density at radius 1 is 1.32 bits per heavy atom. The van der Waals surface area contributed by atoms with E-state index in [1.807, 2.05) is 4.90 Å². The van der Waals surface area contributed by atoms with Crippen LogP contribution in [0.1, 0.15) is 30.3 Å². The summed E-state index contributed by atoms with van der Waals surface area (Å²) in [6, 6.07) is 3.34. The van der Waals surface area contributed by atoms with Gasteiger partial charge in [-0.25, -0.2) is 0 Å². The average molecular weight is 272 g/mol. The summed E-state index contributed by atoms with van der Waals surface area (Å²) in [6.07, 6.45) is -2.33. The fourth-order valence-electron chi connectivity index (χ4n) is 2.25. The van der Waals surface area contributed by atoms with Gasteiger partial charge in [-0.2, -0.15) is 13.2 Å². The topological polar surface area (TPSA) is 33.2 Å². The normalized spacial score (nSPS) is 17.6. The van der Waals surface area contributed by atoms with E-state index < -0.39 is 12.1 Å². The van der Waals surface area contributed by atoms with E-state index >= 15 is 0 Å². The van der Waals surface area contributed by atoms with Crippen molar-refractivity contribution in [3.63, 3.8) is 0 Å². The van der Waals surface area contributed by atoms with Gasteiger partial charge in [0.1, 0.15) is 5.69 Å². The lowest BCUT2D eigenvalue weighted by Crippen LogP contribution is -2.39. The van der Waals surface area contributed by atoms with Crippen LogP contribution in [0.2, 0.25) is 0 Å². The van der Waals surface area contributed by atoms with Crippen molar-refractivity contribution in [2.24, 2.45) is 5.92 Å². The van der Waals surface area contributed by atoms with Crippen molar-refractivity contribution in [2.45, 2.75) is 25.9 Å². The molecule has 3 nitrogen and oxygen atoms in total. The standard InChI is InChI=1S/C13H15F3N2O/c1-9(19)12-3-2-11(8-17-12)18-6-4-10(5-7-18)13(14,15)16/h2-3,8,10H,4-7H2,1H3. The summed E-state index contributed by atoms with van der Waals surface area (Å²) in [7, 11) is 0. The first-order chi connectivity index (χ1) is 8.88. The van der Waals surface area contributed by atoms with Crippen molar-refractivity contribution in [3.05, 3.63) is 24.0 Å². The summed E-state index contributed by atoms with van der Waals surface area (Å²) in [4.78, 5) is 17.0. The highest BCUT2D eigenvalue weighted by Crippen LogP contribution is 2.35. The number of carbonyl (C=O) groups is 1. The van der Waals surface area contributed by atoms with Crippen LogP contribution in [0.4, 0.5) is 18.9 Å². The van der Waals surface area contributed by atoms with E-state index in [2.05, 4.69) is 4.98 Å². The summed E-state index contributed by atoms with van der Waals surface area (Å²) in [5.41, 5.74) is 1.14. The summed E-state index contributed by atoms with van der Waals surface area (Å²) in [5, 5.41) is 0. The Balaban J connectivity index is 2.00. The summed E-state index contributed by atoms with van der Waals surface area (Å²) < 4.78 is 37.6. The maximum Gasteiger partial charge on any atom is 0.391 e. The second-order valence-electron chi connectivity index (χ2n) is 4.76. The SMILES string of the molecule is CC(=O)c1ccc(N2CCC(C(F)(F)F)CC2)cn1. The van der Waals surface area contributed by atoms with Crippen LogP contribution in [-0.2, 0) is 0 Å². The first kappa shape index (κ1) is 13.8. The van der Waals surface area contributed by atoms with Gasteiger partial charge in [0.05, 0.1) is 17.8 Å². The van der Waals surface area contributed by atoms with Gasteiger partial charge in [0.25, 0.3) is 0 Å². The van der Waals surface area contributed by atoms with E-state index in [1.165, 1.54) is 6.92 Å². The smallest absolute Gasteiger partial charge is 0.370 e. The molecule has 6 heteroatoms. The molecule has 0 bridgehead atoms. The van der Waals surface area contributed by atoms with Crippen LogP contribution < -0.4 is 4.90 Å². The zero-order valence-electron chi connectivity index (χ0n) is 10.6. The van der Waals surface area contributed by atoms with Gasteiger partial charge in [-0.1, -0.05) is 0 Å². The molecule has 1 aliphatic rings. The number of alkyl halides is 3. The van der Waals surface area contributed by atoms with Gasteiger partial charge in [-0.15, -0.1) is 0 Å². The molecule has 1 fully saturated rings. The third-order valence-electron chi connectivity index (χ3n) is 3.43. The average Bonchev–Trinajstić information content (AvgIpc) is 2.38. The first-order valence-electron chi connectivity index (χ1n) is 6.16. The number of carbonyl (C=O) groups excluding carboxylic acids is 1. The van der Waals surface area contributed by atoms with Gasteiger partial charge in [-0.05, 0) is 25.0 Å². The molecule has 0 unspecified atom stereocenters. The summed E-state index contributed by atoms with van der Waals surface area (Å²) in [5.74, 6) is -1.32. The van der Waals surface area contributed by atoms with Crippen LogP contribution in [0, 0.1) is 5.92 Å². The molecule has 0 atom stereocenters. The number of rotatable bonds is 2. The Hall–Kier alpha value is -1.59. The predicted octanol–water partition coefficient (Wildman–Crippen LogP) is 3.06. The first-order valence-corrected chi connectivity index (χ1v) is 6.16. The van der Waals surface area contributed by atoms with Crippen molar-refractivity contribution in [1.29, 1.82) is 0 Å². The number of piperidine rings is 1. The molecule has 0 N–H and O–H groups in total. The van der Waals surface area contributed by atoms with Crippen molar-refractivity contribution >= 4 is 11.5 Å². The number of Topliss-reactive ketones (excluding diaryl/α,β-unsaturated/α-hetero) is 1. The predicted molar refractivity (Wildman–Crippen MR) is 65.2 cm³/mol. The number of pyridine rings is 1. The molecule has 1 aliphatic heterocycles. The van der Waals surface area contributed by atoms with E-state index in [-0.39, 0.29) is 18.6 Å². The minimum absolute atomic E-state index is 0.109. The van der Waals surface area contributed by atoms with Gasteiger partial charge < -0.3 is 4.90 Å². The molecule has 0 amide bonds. The molecule has 19 heavy (non-hydrogen) atoms. The summed E-state index contributed by atoms with van der Waals surface area (Å²) >= 11 is 0. The lowest BCUT2D eigenvalue weighted by Gasteiger charge is -2.34. The van der Waals surface area contributed by atoms with Crippen LogP contribution in [0.3, 0.4) is 0 Å². The Bertz CT molecular complexity index is 448. The van der Waals surface area contributed by atoms with Crippen LogP contribution in [0.5, 0.6) is 0 Å². The van der Waals surface area contributed by atoms with Crippen molar-refractivity contribution < 1.29 is 18.0 Å². The molecule has 0 aliphatic carbocycles. The second-order valence-corrected chi connectivity index (χ2v) is 4.76. The van der Waals surface area contributed by atoms with E-state index in [0.29, 0.717) is 18.8 Å². The van der Waals surface area contributed by atoms with E-state index in [0.717, 1.165) is 5.69 Å². The van der Waals surface area contributed by atoms with Crippen LogP contribution in [0.25, 0.3) is 0 Å². The van der Waals surface area contributed by atoms with E-state index in [9.17, 15) is 18.0 Å². The highest BCUT2D eigenvalue weighted by molar-refractivity contribution is 5.92. The number of anilines is 1. The molecular weight excluding hydrogens is 257 g/mol. The van der Waals surface area contributed by atoms with Crippen molar-refractivity contribution in [1.82, 2.24) is 4.98 Å². The number of nitrogens with zero attached hydrogens (tertiary/aromatic N) is 2. The lowest BCUT2D eigenvalue weighted by molar-refractivity contribution is -0.179. The molecule has 2 rings (SSSR count). The van der Waals surface area contributed by atoms with E-state index in [1.54, 1.807) is 18.3 Å². The minimum Gasteiger partial charge on any atom is -0.370 e. The van der Waals surface area contributed by atoms with E-state index in [4.69, 9.17) is 0 Å². The molecule has 0 saturated carbocycles. The molecule has 0 spiro atoms. The molecule has 1 aromatic rings. The molecule has 0 aromatic carbocycles. The fraction of sp³-hybridized carbons (Fsp3) is 0.538. The third kappa shape index (κ3) is 3.24. The van der Waals surface area contributed by atoms with Gasteiger partial charge in [0.15, 0.2) is 5.78 Å². The molecular formula is C13H15F3N2O. The second kappa shape index (κ2) is 5.19. The third-order valence-corrected chi connectivity index (χ3v) is 3.43. The molecule has 2 heterocycles. The van der Waals surface area contributed by atoms with Gasteiger partial charge >= 0.3 is 6.18 Å². The Morgan fingerprint density at radius 2 is 1.95 bits per heavy atom. The molecule has 104 valence electrons.